The molecule has 0 radical (unpaired) electrons. The Kier molecular flexibility index (Phi) is 13.4. The average molecular weight is 697 g/mol. The van der Waals surface area contributed by atoms with Crippen molar-refractivity contribution in [1.29, 1.82) is 0 Å². The number of ketones is 2. The maximum absolute atomic E-state index is 14.2. The van der Waals surface area contributed by atoms with Crippen LogP contribution in [0.25, 0.3) is 0 Å². The molecule has 5 aliphatic rings. The Morgan fingerprint density at radius 2 is 1.98 bits per heavy atom. The maximum Gasteiger partial charge on any atom is 0.407 e. The van der Waals surface area contributed by atoms with E-state index in [4.69, 9.17) is 14.2 Å². The predicted octanol–water partition coefficient (Wildman–Crippen LogP) is 4.93. The summed E-state index contributed by atoms with van der Waals surface area (Å²) in [7, 11) is 2.82. The highest BCUT2D eigenvalue weighted by Gasteiger charge is 2.75. The van der Waals surface area contributed by atoms with Gasteiger partial charge in [-0.3, -0.25) is 9.59 Å². The molecular weight excluding hydrogens is 649 g/mol. The number of carbonyl (C=O) groups excluding carboxylic acids is 3. The van der Waals surface area contributed by atoms with Gasteiger partial charge in [0, 0.05) is 34.8 Å². The van der Waals surface area contributed by atoms with Crippen LogP contribution in [0.5, 0.6) is 0 Å². The highest BCUT2D eigenvalue weighted by atomic mass is 33.1. The van der Waals surface area contributed by atoms with Gasteiger partial charge < -0.3 is 29.5 Å². The highest BCUT2D eigenvalue weighted by Crippen LogP contribution is 2.69. The molecule has 1 heterocycles. The summed E-state index contributed by atoms with van der Waals surface area (Å²) in [5.41, 5.74) is -1.46. The van der Waals surface area contributed by atoms with Crippen LogP contribution in [0.2, 0.25) is 0 Å². The number of amides is 1. The van der Waals surface area contributed by atoms with Gasteiger partial charge in [0.25, 0.3) is 5.09 Å². The molecule has 0 bridgehead atoms. The van der Waals surface area contributed by atoms with Crippen molar-refractivity contribution in [2.24, 2.45) is 28.6 Å². The Labute approximate surface area is 285 Å². The minimum absolute atomic E-state index is 0. The number of nitrogens with one attached hydrogen (secondary N) is 1. The summed E-state index contributed by atoms with van der Waals surface area (Å²) in [6, 6.07) is 0. The Hall–Kier alpha value is -2.57. The van der Waals surface area contributed by atoms with Gasteiger partial charge >= 0.3 is 6.09 Å². The number of nitrogens with zero attached hydrogens (tertiary/aromatic N) is 1. The molecule has 0 spiro atoms. The van der Waals surface area contributed by atoms with Gasteiger partial charge in [0.05, 0.1) is 12.2 Å². The minimum atomic E-state index is -1.35. The van der Waals surface area contributed by atoms with Gasteiger partial charge in [-0.15, -0.1) is 23.0 Å². The zero-order valence-corrected chi connectivity index (χ0v) is 28.1. The van der Waals surface area contributed by atoms with Crippen LogP contribution < -0.4 is 5.32 Å². The second kappa shape index (κ2) is 16.2. The van der Waals surface area contributed by atoms with Gasteiger partial charge in [-0.2, -0.15) is 0 Å². The van der Waals surface area contributed by atoms with Gasteiger partial charge in [-0.05, 0) is 56.1 Å². The molecule has 262 valence electrons. The number of terminal acetylenes is 1. The number of hydrogen-bond donors (Lipinski definition) is 2. The molecule has 0 aromatic heterocycles. The second-order valence-electron chi connectivity index (χ2n) is 12.8. The molecule has 9 atom stereocenters. The minimum Gasteiger partial charge on any atom is -0.441 e. The summed E-state index contributed by atoms with van der Waals surface area (Å²) >= 11 is 0. The topological polar surface area (TPSA) is 164 Å². The summed E-state index contributed by atoms with van der Waals surface area (Å²) in [6.45, 7) is 5.97. The molecule has 12 nitrogen and oxygen atoms in total. The second-order valence-corrected chi connectivity index (χ2v) is 15.5. The molecule has 1 aliphatic heterocycles. The van der Waals surface area contributed by atoms with Crippen molar-refractivity contribution in [2.75, 3.05) is 31.3 Å². The lowest BCUT2D eigenvalue weighted by Crippen LogP contribution is -2.63. The van der Waals surface area contributed by atoms with Crippen molar-refractivity contribution in [3.05, 3.63) is 33.9 Å². The van der Waals surface area contributed by atoms with Crippen LogP contribution in [0.15, 0.2) is 23.8 Å². The molecule has 1 amide bonds. The fraction of sp³-hybridized carbons (Fsp3) is 0.727. The van der Waals surface area contributed by atoms with Gasteiger partial charge in [0.2, 0.25) is 5.78 Å². The number of Topliss-reactive ketones (excluding diaryl/α,β-unsaturated/α-hetero) is 1. The third-order valence-electron chi connectivity index (χ3n) is 10.5. The molecule has 2 N–H and O–H groups in total. The molecule has 0 aromatic rings. The SMILES string of the molecule is C.C#C.CCCC1O[C@@H]2CC3[C@@H]4CCC5=CC(=O)C=C[C@]5(C)C4[C@@H](O)C[C@]3(C)[C@]2(C(=O)COC(=O)NCCSSCCO[N+](=O)[O-])O1. The van der Waals surface area contributed by atoms with E-state index in [9.17, 15) is 29.6 Å². The number of alkyl carbamates (subject to hydrolysis) is 1. The first-order valence-electron chi connectivity index (χ1n) is 15.7. The summed E-state index contributed by atoms with van der Waals surface area (Å²) in [5.74, 6) is 0.634. The predicted molar refractivity (Wildman–Crippen MR) is 180 cm³/mol. The Morgan fingerprint density at radius 3 is 2.68 bits per heavy atom. The molecular formula is C33H48N2O10S2. The number of allylic oxidation sites excluding steroid dienone is 4. The van der Waals surface area contributed by atoms with Gasteiger partial charge in [-0.1, -0.05) is 67.9 Å². The highest BCUT2D eigenvalue weighted by molar-refractivity contribution is 8.76. The van der Waals surface area contributed by atoms with Crippen LogP contribution in [0, 0.1) is 51.5 Å². The number of ether oxygens (including phenoxy) is 3. The Bertz CT molecular complexity index is 1260. The number of carbonyl (C=O) groups is 3. The zero-order chi connectivity index (χ0) is 33.7. The molecule has 3 saturated carbocycles. The van der Waals surface area contributed by atoms with E-state index in [-0.39, 0.29) is 49.9 Å². The maximum atomic E-state index is 14.2. The molecule has 3 unspecified atom stereocenters. The smallest absolute Gasteiger partial charge is 0.407 e. The molecule has 1 saturated heterocycles. The summed E-state index contributed by atoms with van der Waals surface area (Å²) in [5, 5.41) is 23.8. The lowest BCUT2D eigenvalue weighted by atomic mass is 9.46. The van der Waals surface area contributed by atoms with Gasteiger partial charge in [-0.25, -0.2) is 4.79 Å². The standard InChI is InChI=1S/C30H42N2O10S2.C2H2.CH4/c1-4-5-25-41-24-15-21-20-7-6-18-14-19(33)8-9-28(18,2)26(20)22(34)16-29(21,3)30(24,42-25)23(35)17-39-27(36)31-10-12-43-44-13-11-40-32(37)38;1-2;/h8-9,14,20-22,24-26,34H,4-7,10-13,15-17H2,1-3H3,(H,31,36);1-2H;1H4/t20-,21?,22-,24+,25?,26?,28-,29-,30+;;/m0../s1. The van der Waals surface area contributed by atoms with Crippen molar-refractivity contribution in [1.82, 2.24) is 5.32 Å². The quantitative estimate of drug-likeness (QED) is 0.0879. The average Bonchev–Trinajstić information content (AvgIpc) is 3.50. The fourth-order valence-corrected chi connectivity index (χ4v) is 10.5. The normalized spacial score (nSPS) is 36.1. The number of aliphatic hydroxyl groups is 1. The zero-order valence-electron chi connectivity index (χ0n) is 26.5. The van der Waals surface area contributed by atoms with E-state index in [1.165, 1.54) is 21.6 Å². The van der Waals surface area contributed by atoms with E-state index in [1.54, 1.807) is 12.2 Å². The van der Waals surface area contributed by atoms with Crippen LogP contribution in [-0.2, 0) is 28.6 Å². The third-order valence-corrected chi connectivity index (χ3v) is 12.8. The van der Waals surface area contributed by atoms with E-state index in [0.717, 1.165) is 24.8 Å². The first-order chi connectivity index (χ1) is 22.0. The van der Waals surface area contributed by atoms with Crippen molar-refractivity contribution in [2.45, 2.75) is 90.8 Å². The molecule has 4 aliphatic carbocycles. The van der Waals surface area contributed by atoms with Crippen molar-refractivity contribution in [3.63, 3.8) is 0 Å². The number of hydrogen-bond acceptors (Lipinski definition) is 12. The summed E-state index contributed by atoms with van der Waals surface area (Å²) < 4.78 is 18.4. The molecule has 4 fully saturated rings. The van der Waals surface area contributed by atoms with Crippen LogP contribution in [-0.4, -0.2) is 83.2 Å². The number of rotatable bonds is 13. The van der Waals surface area contributed by atoms with E-state index in [0.29, 0.717) is 30.8 Å². The van der Waals surface area contributed by atoms with Crippen LogP contribution in [0.4, 0.5) is 4.79 Å². The van der Waals surface area contributed by atoms with Gasteiger partial charge in [0.15, 0.2) is 24.3 Å². The largest absolute Gasteiger partial charge is 0.441 e. The lowest BCUT2D eigenvalue weighted by Gasteiger charge is -2.59. The van der Waals surface area contributed by atoms with Crippen LogP contribution in [0.1, 0.15) is 66.7 Å². The van der Waals surface area contributed by atoms with E-state index in [2.05, 4.69) is 29.9 Å². The molecule has 47 heavy (non-hydrogen) atoms. The summed E-state index contributed by atoms with van der Waals surface area (Å²) in [4.78, 5) is 53.2. The number of fused-ring (bicyclic) bond motifs is 7. The number of aliphatic hydroxyl groups excluding tert-OH is 1. The molecule has 0 aromatic carbocycles. The van der Waals surface area contributed by atoms with Crippen molar-refractivity contribution < 1.29 is 43.6 Å². The van der Waals surface area contributed by atoms with E-state index in [1.807, 2.05) is 19.9 Å². The van der Waals surface area contributed by atoms with Crippen molar-refractivity contribution in [3.8, 4) is 12.8 Å². The van der Waals surface area contributed by atoms with E-state index < -0.39 is 52.7 Å². The summed E-state index contributed by atoms with van der Waals surface area (Å²) in [6.07, 6.45) is 14.7. The molecule has 5 rings (SSSR count). The molecule has 14 heteroatoms. The van der Waals surface area contributed by atoms with Crippen LogP contribution in [0.3, 0.4) is 0 Å². The monoisotopic (exact) mass is 696 g/mol. The fourth-order valence-electron chi connectivity index (χ4n) is 8.75. The van der Waals surface area contributed by atoms with Gasteiger partial charge in [0.1, 0.15) is 6.61 Å². The Morgan fingerprint density at radius 1 is 1.26 bits per heavy atom. The lowest BCUT2D eigenvalue weighted by molar-refractivity contribution is -0.756. The van der Waals surface area contributed by atoms with Crippen molar-refractivity contribution >= 4 is 39.2 Å². The Balaban J connectivity index is 0.00000196. The van der Waals surface area contributed by atoms with Crippen LogP contribution >= 0.6 is 21.6 Å². The first kappa shape index (κ1) is 38.9. The first-order valence-corrected chi connectivity index (χ1v) is 18.2. The third kappa shape index (κ3) is 7.39. The van der Waals surface area contributed by atoms with E-state index >= 15 is 0 Å².